The van der Waals surface area contributed by atoms with E-state index in [2.05, 4.69) is 10.6 Å². The molecule has 0 fully saturated rings. The Morgan fingerprint density at radius 3 is 2.41 bits per heavy atom. The number of nitro groups is 1. The van der Waals surface area contributed by atoms with Crippen LogP contribution in [0.4, 0.5) is 11.4 Å². The highest BCUT2D eigenvalue weighted by Crippen LogP contribution is 2.23. The number of amides is 1. The van der Waals surface area contributed by atoms with E-state index >= 15 is 0 Å². The second-order valence-corrected chi connectivity index (χ2v) is 4.95. The summed E-state index contributed by atoms with van der Waals surface area (Å²) in [5, 5.41) is 16.2. The molecule has 22 heavy (non-hydrogen) atoms. The van der Waals surface area contributed by atoms with Gasteiger partial charge in [0.25, 0.3) is 11.6 Å². The molecule has 0 bridgehead atoms. The fraction of sp³-hybridized carbons (Fsp3) is 0.429. The molecule has 1 rings (SSSR count). The van der Waals surface area contributed by atoms with E-state index in [1.165, 1.54) is 19.1 Å². The number of carbonyl (C=O) groups excluding carboxylic acids is 2. The highest BCUT2D eigenvalue weighted by atomic mass is 16.6. The number of non-ortho nitro benzene ring substituents is 1. The summed E-state index contributed by atoms with van der Waals surface area (Å²) in [4.78, 5) is 34.1. The number of carbonyl (C=O) groups is 2. The zero-order chi connectivity index (χ0) is 16.9. The van der Waals surface area contributed by atoms with Crippen molar-refractivity contribution in [3.8, 4) is 0 Å². The number of nitrogens with one attached hydrogen (secondary N) is 2. The van der Waals surface area contributed by atoms with Gasteiger partial charge >= 0.3 is 5.97 Å². The Kier molecular flexibility index (Phi) is 5.85. The van der Waals surface area contributed by atoms with Gasteiger partial charge < -0.3 is 15.4 Å². The minimum absolute atomic E-state index is 0.000830. The van der Waals surface area contributed by atoms with E-state index in [-0.39, 0.29) is 17.3 Å². The highest BCUT2D eigenvalue weighted by molar-refractivity contribution is 5.98. The van der Waals surface area contributed by atoms with Crippen molar-refractivity contribution in [1.29, 1.82) is 0 Å². The zero-order valence-electron chi connectivity index (χ0n) is 12.9. The van der Waals surface area contributed by atoms with Crippen LogP contribution in [0.15, 0.2) is 18.2 Å². The summed E-state index contributed by atoms with van der Waals surface area (Å²) in [6.45, 7) is 5.00. The first-order valence-corrected chi connectivity index (χ1v) is 6.73. The molecule has 120 valence electrons. The lowest BCUT2D eigenvalue weighted by molar-refractivity contribution is -0.384. The lowest BCUT2D eigenvalue weighted by atomic mass is 10.1. The monoisotopic (exact) mass is 309 g/mol. The molecule has 0 aliphatic heterocycles. The summed E-state index contributed by atoms with van der Waals surface area (Å²) < 4.78 is 5.06. The number of rotatable bonds is 6. The van der Waals surface area contributed by atoms with Gasteiger partial charge in [0.15, 0.2) is 6.10 Å². The minimum Gasteiger partial charge on any atom is -0.449 e. The fourth-order valence-electron chi connectivity index (χ4n) is 1.71. The van der Waals surface area contributed by atoms with E-state index in [4.69, 9.17) is 4.74 Å². The normalized spacial score (nSPS) is 11.7. The van der Waals surface area contributed by atoms with Crippen molar-refractivity contribution < 1.29 is 19.2 Å². The van der Waals surface area contributed by atoms with Crippen LogP contribution in [0.1, 0.15) is 31.1 Å². The molecular formula is C14H19N3O5. The van der Waals surface area contributed by atoms with Crippen molar-refractivity contribution in [2.45, 2.75) is 32.9 Å². The molecular weight excluding hydrogens is 290 g/mol. The maximum atomic E-state index is 12.1. The number of nitro benzene ring substituents is 1. The Labute approximate surface area is 128 Å². The summed E-state index contributed by atoms with van der Waals surface area (Å²) in [6, 6.07) is 3.71. The maximum absolute atomic E-state index is 12.1. The van der Waals surface area contributed by atoms with Crippen LogP contribution in [0.3, 0.4) is 0 Å². The molecule has 8 heteroatoms. The number of nitrogens with zero attached hydrogens (tertiary/aromatic N) is 1. The second kappa shape index (κ2) is 7.39. The van der Waals surface area contributed by atoms with Crippen molar-refractivity contribution in [3.63, 3.8) is 0 Å². The van der Waals surface area contributed by atoms with Crippen molar-refractivity contribution in [2.24, 2.45) is 0 Å². The number of hydrogen-bond donors (Lipinski definition) is 2. The number of benzene rings is 1. The molecule has 0 saturated carbocycles. The minimum atomic E-state index is -1.00. The van der Waals surface area contributed by atoms with Crippen LogP contribution in [0, 0.1) is 10.1 Å². The van der Waals surface area contributed by atoms with Crippen LogP contribution in [-0.4, -0.2) is 36.0 Å². The molecule has 2 N–H and O–H groups in total. The third kappa shape index (κ3) is 4.44. The van der Waals surface area contributed by atoms with Gasteiger partial charge in [-0.3, -0.25) is 14.9 Å². The Morgan fingerprint density at radius 1 is 1.27 bits per heavy atom. The molecule has 1 amide bonds. The third-order valence-electron chi connectivity index (χ3n) is 2.79. The van der Waals surface area contributed by atoms with Gasteiger partial charge in [0.05, 0.1) is 10.5 Å². The third-order valence-corrected chi connectivity index (χ3v) is 2.79. The SMILES string of the molecule is CNc1ccc([N+](=O)[O-])cc1C(=O)O[C@@H](C)C(=O)NC(C)C. The van der Waals surface area contributed by atoms with Gasteiger partial charge in [0.2, 0.25) is 0 Å². The molecule has 0 aromatic heterocycles. The summed E-state index contributed by atoms with van der Waals surface area (Å²) in [5.74, 6) is -1.24. The van der Waals surface area contributed by atoms with Crippen LogP contribution in [0.5, 0.6) is 0 Å². The summed E-state index contributed by atoms with van der Waals surface area (Å²) in [7, 11) is 1.58. The molecule has 1 aromatic carbocycles. The topological polar surface area (TPSA) is 111 Å². The van der Waals surface area contributed by atoms with Crippen molar-refractivity contribution >= 4 is 23.3 Å². The van der Waals surface area contributed by atoms with E-state index in [9.17, 15) is 19.7 Å². The average Bonchev–Trinajstić information content (AvgIpc) is 2.45. The first kappa shape index (κ1) is 17.4. The molecule has 1 aromatic rings. The Bertz CT molecular complexity index is 586. The van der Waals surface area contributed by atoms with Gasteiger partial charge in [-0.25, -0.2) is 4.79 Å². The number of hydrogen-bond acceptors (Lipinski definition) is 6. The van der Waals surface area contributed by atoms with E-state index in [1.807, 2.05) is 0 Å². The van der Waals surface area contributed by atoms with E-state index < -0.39 is 22.9 Å². The lowest BCUT2D eigenvalue weighted by Gasteiger charge is -2.16. The second-order valence-electron chi connectivity index (χ2n) is 4.95. The van der Waals surface area contributed by atoms with E-state index in [0.717, 1.165) is 6.07 Å². The maximum Gasteiger partial charge on any atom is 0.341 e. The molecule has 0 radical (unpaired) electrons. The van der Waals surface area contributed by atoms with Crippen LogP contribution >= 0.6 is 0 Å². The Hall–Kier alpha value is -2.64. The predicted molar refractivity (Wildman–Crippen MR) is 80.8 cm³/mol. The van der Waals surface area contributed by atoms with Gasteiger partial charge in [0.1, 0.15) is 0 Å². The molecule has 0 saturated heterocycles. The lowest BCUT2D eigenvalue weighted by Crippen LogP contribution is -2.39. The first-order chi connectivity index (χ1) is 10.3. The molecule has 1 atom stereocenters. The zero-order valence-corrected chi connectivity index (χ0v) is 12.9. The van der Waals surface area contributed by atoms with E-state index in [1.54, 1.807) is 20.9 Å². The number of ether oxygens (including phenoxy) is 1. The molecule has 0 aliphatic rings. The molecule has 0 spiro atoms. The molecule has 0 heterocycles. The molecule has 0 aliphatic carbocycles. The van der Waals surface area contributed by atoms with Gasteiger partial charge in [-0.2, -0.15) is 0 Å². The number of esters is 1. The van der Waals surface area contributed by atoms with Gasteiger partial charge in [0, 0.05) is 30.9 Å². The van der Waals surface area contributed by atoms with Crippen LogP contribution in [0.25, 0.3) is 0 Å². The molecule has 8 nitrogen and oxygen atoms in total. The largest absolute Gasteiger partial charge is 0.449 e. The first-order valence-electron chi connectivity index (χ1n) is 6.73. The standard InChI is InChI=1S/C14H19N3O5/c1-8(2)16-13(18)9(3)22-14(19)11-7-10(17(20)21)5-6-12(11)15-4/h5-9,15H,1-4H3,(H,16,18)/t9-/m0/s1. The van der Waals surface area contributed by atoms with Crippen LogP contribution in [-0.2, 0) is 9.53 Å². The average molecular weight is 309 g/mol. The van der Waals surface area contributed by atoms with Gasteiger partial charge in [-0.15, -0.1) is 0 Å². The van der Waals surface area contributed by atoms with Crippen molar-refractivity contribution in [2.75, 3.05) is 12.4 Å². The van der Waals surface area contributed by atoms with E-state index in [0.29, 0.717) is 5.69 Å². The number of anilines is 1. The highest BCUT2D eigenvalue weighted by Gasteiger charge is 2.23. The summed E-state index contributed by atoms with van der Waals surface area (Å²) in [6.07, 6.45) is -1.00. The quantitative estimate of drug-likeness (QED) is 0.470. The Morgan fingerprint density at radius 2 is 1.91 bits per heavy atom. The summed E-state index contributed by atoms with van der Waals surface area (Å²) >= 11 is 0. The van der Waals surface area contributed by atoms with Crippen LogP contribution in [0.2, 0.25) is 0 Å². The predicted octanol–water partition coefficient (Wildman–Crippen LogP) is 1.71. The fourth-order valence-corrected chi connectivity index (χ4v) is 1.71. The van der Waals surface area contributed by atoms with Crippen LogP contribution < -0.4 is 10.6 Å². The smallest absolute Gasteiger partial charge is 0.341 e. The van der Waals surface area contributed by atoms with Gasteiger partial charge in [-0.1, -0.05) is 0 Å². The molecule has 0 unspecified atom stereocenters. The van der Waals surface area contributed by atoms with Crippen molar-refractivity contribution in [3.05, 3.63) is 33.9 Å². The summed E-state index contributed by atoms with van der Waals surface area (Å²) in [5.41, 5.74) is 0.151. The van der Waals surface area contributed by atoms with Gasteiger partial charge in [-0.05, 0) is 26.8 Å². The van der Waals surface area contributed by atoms with Crippen molar-refractivity contribution in [1.82, 2.24) is 5.32 Å². The Balaban J connectivity index is 2.94.